The Balaban J connectivity index is 1.83. The van der Waals surface area contributed by atoms with Gasteiger partial charge in [-0.05, 0) is 29.8 Å². The van der Waals surface area contributed by atoms with E-state index in [1.54, 1.807) is 36.5 Å². The van der Waals surface area contributed by atoms with E-state index in [4.69, 9.17) is 10.2 Å². The monoisotopic (exact) mass is 268 g/mol. The van der Waals surface area contributed by atoms with Gasteiger partial charge in [-0.3, -0.25) is 9.78 Å². The molecule has 6 heteroatoms. The average molecular weight is 268 g/mol. The van der Waals surface area contributed by atoms with E-state index in [0.717, 1.165) is 11.1 Å². The van der Waals surface area contributed by atoms with Crippen LogP contribution in [-0.4, -0.2) is 15.9 Å². The van der Waals surface area contributed by atoms with Gasteiger partial charge in [-0.1, -0.05) is 0 Å². The fraction of sp³-hybridized carbons (Fsp3) is 0.0714. The summed E-state index contributed by atoms with van der Waals surface area (Å²) in [6.07, 6.45) is 2.93. The Kier molecular flexibility index (Phi) is 3.14. The zero-order chi connectivity index (χ0) is 13.9. The fourth-order valence-electron chi connectivity index (χ4n) is 1.85. The Morgan fingerprint density at radius 2 is 2.15 bits per heavy atom. The van der Waals surface area contributed by atoms with Crippen molar-refractivity contribution >= 4 is 22.7 Å². The van der Waals surface area contributed by atoms with Crippen molar-refractivity contribution in [3.05, 3.63) is 54.2 Å². The van der Waals surface area contributed by atoms with Gasteiger partial charge in [0, 0.05) is 24.5 Å². The molecule has 0 fully saturated rings. The number of oxazole rings is 1. The Morgan fingerprint density at radius 1 is 1.25 bits per heavy atom. The second-order valence-corrected chi connectivity index (χ2v) is 4.24. The Hall–Kier alpha value is -2.73. The fourth-order valence-corrected chi connectivity index (χ4v) is 1.85. The van der Waals surface area contributed by atoms with Crippen LogP contribution < -0.4 is 11.1 Å². The largest absolute Gasteiger partial charge is 0.443 e. The summed E-state index contributed by atoms with van der Waals surface area (Å²) in [5.41, 5.74) is 8.71. The number of nitrogens with two attached hydrogens (primary N) is 1. The molecule has 2 aromatic heterocycles. The molecule has 0 radical (unpaired) electrons. The molecule has 100 valence electrons. The van der Waals surface area contributed by atoms with Crippen LogP contribution >= 0.6 is 0 Å². The molecule has 1 aromatic carbocycles. The van der Waals surface area contributed by atoms with Crippen LogP contribution in [-0.2, 0) is 6.54 Å². The minimum absolute atomic E-state index is 0.292. The van der Waals surface area contributed by atoms with Gasteiger partial charge in [0.2, 0.25) is 0 Å². The quantitative estimate of drug-likeness (QED) is 0.757. The summed E-state index contributed by atoms with van der Waals surface area (Å²) in [6, 6.07) is 8.69. The summed E-state index contributed by atoms with van der Waals surface area (Å²) in [4.78, 5) is 20.1. The number of anilines is 1. The van der Waals surface area contributed by atoms with Crippen molar-refractivity contribution in [2.24, 2.45) is 5.73 Å². The van der Waals surface area contributed by atoms with Crippen LogP contribution in [0.1, 0.15) is 16.1 Å². The molecule has 20 heavy (non-hydrogen) atoms. The smallest absolute Gasteiger partial charge is 0.274 e. The van der Waals surface area contributed by atoms with Gasteiger partial charge in [0.25, 0.3) is 5.91 Å². The number of nitrogens with one attached hydrogen (secondary N) is 1. The third-order valence-electron chi connectivity index (χ3n) is 2.88. The number of pyridine rings is 1. The lowest BCUT2D eigenvalue weighted by molar-refractivity contribution is 0.102. The van der Waals surface area contributed by atoms with Crippen molar-refractivity contribution in [3.63, 3.8) is 0 Å². The number of nitrogens with zero attached hydrogens (tertiary/aromatic N) is 2. The number of rotatable bonds is 3. The minimum Gasteiger partial charge on any atom is -0.443 e. The normalized spacial score (nSPS) is 10.7. The maximum Gasteiger partial charge on any atom is 0.274 e. The van der Waals surface area contributed by atoms with Crippen molar-refractivity contribution in [2.75, 3.05) is 5.32 Å². The highest BCUT2D eigenvalue weighted by Gasteiger charge is 2.09. The topological polar surface area (TPSA) is 94.0 Å². The summed E-state index contributed by atoms with van der Waals surface area (Å²) >= 11 is 0. The van der Waals surface area contributed by atoms with Gasteiger partial charge in [0.15, 0.2) is 12.0 Å². The highest BCUT2D eigenvalue weighted by Crippen LogP contribution is 2.18. The van der Waals surface area contributed by atoms with E-state index in [1.807, 2.05) is 0 Å². The van der Waals surface area contributed by atoms with Gasteiger partial charge in [0.1, 0.15) is 11.2 Å². The maximum absolute atomic E-state index is 12.1. The Bertz CT molecular complexity index is 766. The molecule has 0 atom stereocenters. The van der Waals surface area contributed by atoms with Crippen LogP contribution in [0.15, 0.2) is 47.3 Å². The second-order valence-electron chi connectivity index (χ2n) is 4.24. The highest BCUT2D eigenvalue weighted by atomic mass is 16.3. The third-order valence-corrected chi connectivity index (χ3v) is 2.88. The van der Waals surface area contributed by atoms with Gasteiger partial charge < -0.3 is 15.5 Å². The van der Waals surface area contributed by atoms with Crippen molar-refractivity contribution in [3.8, 4) is 0 Å². The SMILES string of the molecule is NCc1ccnc(C(=O)Nc2ccc3ncoc3c2)c1. The number of fused-ring (bicyclic) bond motifs is 1. The van der Waals surface area contributed by atoms with E-state index in [2.05, 4.69) is 15.3 Å². The van der Waals surface area contributed by atoms with Gasteiger partial charge in [-0.2, -0.15) is 0 Å². The molecular weight excluding hydrogens is 256 g/mol. The number of benzene rings is 1. The summed E-state index contributed by atoms with van der Waals surface area (Å²) in [6.45, 7) is 0.368. The lowest BCUT2D eigenvalue weighted by Crippen LogP contribution is -2.14. The van der Waals surface area contributed by atoms with Crippen LogP contribution in [0.3, 0.4) is 0 Å². The van der Waals surface area contributed by atoms with E-state index in [0.29, 0.717) is 23.5 Å². The molecule has 3 rings (SSSR count). The average Bonchev–Trinajstić information content (AvgIpc) is 2.95. The minimum atomic E-state index is -0.292. The predicted molar refractivity (Wildman–Crippen MR) is 74.1 cm³/mol. The first-order valence-corrected chi connectivity index (χ1v) is 6.06. The molecule has 0 aliphatic rings. The van der Waals surface area contributed by atoms with Crippen LogP contribution in [0, 0.1) is 0 Å². The van der Waals surface area contributed by atoms with E-state index >= 15 is 0 Å². The molecule has 0 saturated carbocycles. The highest BCUT2D eigenvalue weighted by molar-refractivity contribution is 6.03. The van der Waals surface area contributed by atoms with Gasteiger partial charge in [-0.25, -0.2) is 4.98 Å². The van der Waals surface area contributed by atoms with Crippen LogP contribution in [0.4, 0.5) is 5.69 Å². The van der Waals surface area contributed by atoms with Crippen molar-refractivity contribution < 1.29 is 9.21 Å². The summed E-state index contributed by atoms with van der Waals surface area (Å²) in [7, 11) is 0. The molecule has 1 amide bonds. The number of aromatic nitrogens is 2. The summed E-state index contributed by atoms with van der Waals surface area (Å²) in [5.74, 6) is -0.292. The first-order valence-electron chi connectivity index (χ1n) is 6.06. The number of amides is 1. The second kappa shape index (κ2) is 5.10. The molecule has 6 nitrogen and oxygen atoms in total. The predicted octanol–water partition coefficient (Wildman–Crippen LogP) is 1.93. The molecule has 3 aromatic rings. The molecule has 0 aliphatic heterocycles. The van der Waals surface area contributed by atoms with E-state index in [9.17, 15) is 4.79 Å². The first-order chi connectivity index (χ1) is 9.76. The van der Waals surface area contributed by atoms with E-state index in [-0.39, 0.29) is 5.91 Å². The van der Waals surface area contributed by atoms with Crippen LogP contribution in [0.5, 0.6) is 0 Å². The lowest BCUT2D eigenvalue weighted by Gasteiger charge is -2.05. The zero-order valence-electron chi connectivity index (χ0n) is 10.5. The molecule has 0 unspecified atom stereocenters. The molecule has 0 aliphatic carbocycles. The number of carbonyl (C=O) groups is 1. The zero-order valence-corrected chi connectivity index (χ0v) is 10.5. The Morgan fingerprint density at radius 3 is 3.00 bits per heavy atom. The van der Waals surface area contributed by atoms with Crippen LogP contribution in [0.2, 0.25) is 0 Å². The van der Waals surface area contributed by atoms with Crippen molar-refractivity contribution in [1.82, 2.24) is 9.97 Å². The number of hydrogen-bond acceptors (Lipinski definition) is 5. The van der Waals surface area contributed by atoms with Crippen molar-refractivity contribution in [2.45, 2.75) is 6.54 Å². The summed E-state index contributed by atoms with van der Waals surface area (Å²) < 4.78 is 5.19. The molecule has 0 spiro atoms. The van der Waals surface area contributed by atoms with Crippen LogP contribution in [0.25, 0.3) is 11.1 Å². The summed E-state index contributed by atoms with van der Waals surface area (Å²) in [5, 5.41) is 2.76. The van der Waals surface area contributed by atoms with Crippen molar-refractivity contribution in [1.29, 1.82) is 0 Å². The first kappa shape index (κ1) is 12.3. The maximum atomic E-state index is 12.1. The molecule has 0 saturated heterocycles. The molecule has 3 N–H and O–H groups in total. The molecular formula is C14H12N4O2. The van der Waals surface area contributed by atoms with Gasteiger partial charge in [0.05, 0.1) is 0 Å². The Labute approximate surface area is 114 Å². The molecule has 0 bridgehead atoms. The number of hydrogen-bond donors (Lipinski definition) is 2. The molecule has 2 heterocycles. The lowest BCUT2D eigenvalue weighted by atomic mass is 10.2. The third kappa shape index (κ3) is 2.36. The van der Waals surface area contributed by atoms with Gasteiger partial charge >= 0.3 is 0 Å². The standard InChI is InChI=1S/C14H12N4O2/c15-7-9-3-4-16-12(5-9)14(19)18-10-1-2-11-13(6-10)20-8-17-11/h1-6,8H,7,15H2,(H,18,19). The number of carbonyl (C=O) groups excluding carboxylic acids is 1. The van der Waals surface area contributed by atoms with Gasteiger partial charge in [-0.15, -0.1) is 0 Å². The van der Waals surface area contributed by atoms with E-state index in [1.165, 1.54) is 6.39 Å². The van der Waals surface area contributed by atoms with E-state index < -0.39 is 0 Å².